The Balaban J connectivity index is 0.000000288. The molecule has 0 bridgehead atoms. The molecule has 1 heterocycles. The number of aliphatic hydroxyl groups is 1. The van der Waals surface area contributed by atoms with Crippen molar-refractivity contribution in [2.75, 3.05) is 13.2 Å². The molecule has 0 amide bonds. The zero-order chi connectivity index (χ0) is 12.6. The molecular formula is C9H12O7. The molecule has 7 nitrogen and oxygen atoms in total. The maximum atomic E-state index is 10.0. The Kier molecular flexibility index (Phi) is 6.53. The lowest BCUT2D eigenvalue weighted by atomic mass is 10.4. The van der Waals surface area contributed by atoms with Crippen LogP contribution in [-0.4, -0.2) is 41.3 Å². The molecule has 0 radical (unpaired) electrons. The van der Waals surface area contributed by atoms with Gasteiger partial charge in [0.2, 0.25) is 0 Å². The molecule has 1 fully saturated rings. The van der Waals surface area contributed by atoms with Crippen molar-refractivity contribution in [2.24, 2.45) is 0 Å². The number of aliphatic carboxylic acids is 1. The minimum atomic E-state index is -1.21. The van der Waals surface area contributed by atoms with Crippen LogP contribution in [0.5, 0.6) is 0 Å². The molecule has 0 unspecified atom stereocenters. The summed E-state index contributed by atoms with van der Waals surface area (Å²) in [5.74, 6) is -2.34. The first-order valence-electron chi connectivity index (χ1n) is 4.36. The molecule has 90 valence electrons. The van der Waals surface area contributed by atoms with Crippen LogP contribution in [0.3, 0.4) is 0 Å². The lowest BCUT2D eigenvalue weighted by Gasteiger charge is -2.00. The van der Waals surface area contributed by atoms with Gasteiger partial charge in [-0.15, -0.1) is 0 Å². The highest BCUT2D eigenvalue weighted by atomic mass is 16.6. The predicted molar refractivity (Wildman–Crippen MR) is 50.1 cm³/mol. The Labute approximate surface area is 91.3 Å². The highest BCUT2D eigenvalue weighted by molar-refractivity contribution is 5.92. The first kappa shape index (κ1) is 14.1. The summed E-state index contributed by atoms with van der Waals surface area (Å²) in [5, 5.41) is 16.2. The average Bonchev–Trinajstić information content (AvgIpc) is 2.59. The molecule has 0 atom stereocenters. The fourth-order valence-corrected chi connectivity index (χ4v) is 0.664. The van der Waals surface area contributed by atoms with E-state index in [1.54, 1.807) is 0 Å². The van der Waals surface area contributed by atoms with E-state index >= 15 is 0 Å². The van der Waals surface area contributed by atoms with Gasteiger partial charge in [-0.1, -0.05) is 0 Å². The van der Waals surface area contributed by atoms with Gasteiger partial charge in [-0.2, -0.15) is 0 Å². The molecule has 1 aliphatic heterocycles. The fourth-order valence-electron chi connectivity index (χ4n) is 0.664. The standard InChI is InChI=1S/C5H8O4.C4H4O3/c1-4(5(7)8)9-3-2-6;5-3-1-2-4(6)7-3/h6H,1-3H2,(H,7,8);1-2H2. The first-order valence-corrected chi connectivity index (χ1v) is 4.36. The van der Waals surface area contributed by atoms with Gasteiger partial charge in [-0.3, -0.25) is 9.59 Å². The zero-order valence-corrected chi connectivity index (χ0v) is 8.47. The van der Waals surface area contributed by atoms with Crippen molar-refractivity contribution < 1.29 is 34.1 Å². The van der Waals surface area contributed by atoms with E-state index in [1.807, 2.05) is 0 Å². The van der Waals surface area contributed by atoms with E-state index in [4.69, 9.17) is 10.2 Å². The molecule has 0 saturated carbocycles. The van der Waals surface area contributed by atoms with Crippen LogP contribution in [0.25, 0.3) is 0 Å². The topological polar surface area (TPSA) is 110 Å². The van der Waals surface area contributed by atoms with E-state index < -0.39 is 17.9 Å². The molecule has 0 spiro atoms. The molecule has 16 heavy (non-hydrogen) atoms. The van der Waals surface area contributed by atoms with Gasteiger partial charge in [0, 0.05) is 0 Å². The van der Waals surface area contributed by atoms with Crippen molar-refractivity contribution in [2.45, 2.75) is 12.8 Å². The molecule has 0 aliphatic carbocycles. The summed E-state index contributed by atoms with van der Waals surface area (Å²) in [7, 11) is 0. The SMILES string of the molecule is C=C(OCCO)C(=O)O.O=C1CCC(=O)O1. The molecule has 0 aromatic rings. The molecule has 7 heteroatoms. The third kappa shape index (κ3) is 6.55. The molecule has 2 N–H and O–H groups in total. The van der Waals surface area contributed by atoms with E-state index in [0.717, 1.165) is 0 Å². The van der Waals surface area contributed by atoms with Crippen molar-refractivity contribution in [3.05, 3.63) is 12.3 Å². The van der Waals surface area contributed by atoms with Crippen molar-refractivity contribution in [1.82, 2.24) is 0 Å². The zero-order valence-electron chi connectivity index (χ0n) is 8.47. The number of ether oxygens (including phenoxy) is 2. The van der Waals surface area contributed by atoms with Gasteiger partial charge in [0.15, 0.2) is 5.76 Å². The van der Waals surface area contributed by atoms with Gasteiger partial charge < -0.3 is 19.7 Å². The van der Waals surface area contributed by atoms with Gasteiger partial charge in [0.25, 0.3) is 0 Å². The Morgan fingerprint density at radius 2 is 1.88 bits per heavy atom. The summed E-state index contributed by atoms with van der Waals surface area (Å²) in [6.07, 6.45) is 0.525. The number of carbonyl (C=O) groups excluding carboxylic acids is 2. The van der Waals surface area contributed by atoms with Crippen LogP contribution in [0, 0.1) is 0 Å². The van der Waals surface area contributed by atoms with Gasteiger partial charge >= 0.3 is 17.9 Å². The molecule has 1 aliphatic rings. The number of esters is 2. The highest BCUT2D eigenvalue weighted by Crippen LogP contribution is 2.03. The smallest absolute Gasteiger partial charge is 0.370 e. The van der Waals surface area contributed by atoms with E-state index in [2.05, 4.69) is 16.1 Å². The summed E-state index contributed by atoms with van der Waals surface area (Å²) in [4.78, 5) is 29.9. The van der Waals surface area contributed by atoms with Crippen LogP contribution in [0.15, 0.2) is 12.3 Å². The summed E-state index contributed by atoms with van der Waals surface area (Å²) in [6, 6.07) is 0. The highest BCUT2D eigenvalue weighted by Gasteiger charge is 2.19. The maximum absolute atomic E-state index is 10.0. The molecule has 1 saturated heterocycles. The second-order valence-electron chi connectivity index (χ2n) is 2.65. The van der Waals surface area contributed by atoms with E-state index in [1.165, 1.54) is 0 Å². The lowest BCUT2D eigenvalue weighted by Crippen LogP contribution is -2.06. The number of carboxylic acids is 1. The maximum Gasteiger partial charge on any atom is 0.370 e. The average molecular weight is 232 g/mol. The third-order valence-electron chi connectivity index (χ3n) is 1.37. The molecule has 1 rings (SSSR count). The number of hydrogen-bond donors (Lipinski definition) is 2. The van der Waals surface area contributed by atoms with Gasteiger partial charge in [-0.05, 0) is 6.58 Å². The summed E-state index contributed by atoms with van der Waals surface area (Å²) >= 11 is 0. The van der Waals surface area contributed by atoms with Crippen molar-refractivity contribution in [3.63, 3.8) is 0 Å². The van der Waals surface area contributed by atoms with E-state index in [-0.39, 0.29) is 31.8 Å². The molecule has 0 aromatic heterocycles. The first-order chi connectivity index (χ1) is 7.47. The number of hydrogen-bond acceptors (Lipinski definition) is 6. The Morgan fingerprint density at radius 1 is 1.38 bits per heavy atom. The van der Waals surface area contributed by atoms with Crippen molar-refractivity contribution >= 4 is 17.9 Å². The number of carbonyl (C=O) groups is 3. The van der Waals surface area contributed by atoms with Crippen LogP contribution < -0.4 is 0 Å². The monoisotopic (exact) mass is 232 g/mol. The largest absolute Gasteiger partial charge is 0.485 e. The minimum Gasteiger partial charge on any atom is -0.485 e. The third-order valence-corrected chi connectivity index (χ3v) is 1.37. The number of aliphatic hydroxyl groups excluding tert-OH is 1. The minimum absolute atomic E-state index is 0.0227. The predicted octanol–water partition coefficient (Wildman–Crippen LogP) is -0.556. The summed E-state index contributed by atoms with van der Waals surface area (Å²) in [6.45, 7) is 2.83. The Morgan fingerprint density at radius 3 is 2.12 bits per heavy atom. The van der Waals surface area contributed by atoms with E-state index in [9.17, 15) is 14.4 Å². The lowest BCUT2D eigenvalue weighted by molar-refractivity contribution is -0.152. The number of cyclic esters (lactones) is 2. The van der Waals surface area contributed by atoms with Gasteiger partial charge in [-0.25, -0.2) is 4.79 Å². The molecule has 0 aromatic carbocycles. The van der Waals surface area contributed by atoms with Crippen LogP contribution in [0.4, 0.5) is 0 Å². The Hall–Kier alpha value is -1.89. The molecular weight excluding hydrogens is 220 g/mol. The van der Waals surface area contributed by atoms with Crippen molar-refractivity contribution in [1.29, 1.82) is 0 Å². The van der Waals surface area contributed by atoms with Crippen LogP contribution in [0.1, 0.15) is 12.8 Å². The summed E-state index contributed by atoms with van der Waals surface area (Å²) < 4.78 is 8.49. The number of carboxylic acid groups (broad SMARTS) is 1. The fraction of sp³-hybridized carbons (Fsp3) is 0.444. The van der Waals surface area contributed by atoms with Crippen LogP contribution in [-0.2, 0) is 23.9 Å². The Bertz CT molecular complexity index is 280. The van der Waals surface area contributed by atoms with Crippen LogP contribution >= 0.6 is 0 Å². The normalized spacial score (nSPS) is 13.6. The van der Waals surface area contributed by atoms with E-state index in [0.29, 0.717) is 0 Å². The number of rotatable bonds is 4. The van der Waals surface area contributed by atoms with Crippen LogP contribution in [0.2, 0.25) is 0 Å². The van der Waals surface area contributed by atoms with Gasteiger partial charge in [0.05, 0.1) is 19.4 Å². The second-order valence-corrected chi connectivity index (χ2v) is 2.65. The quantitative estimate of drug-likeness (QED) is 0.289. The summed E-state index contributed by atoms with van der Waals surface area (Å²) in [5.41, 5.74) is 0. The second kappa shape index (κ2) is 7.41. The van der Waals surface area contributed by atoms with Crippen molar-refractivity contribution in [3.8, 4) is 0 Å². The van der Waals surface area contributed by atoms with Gasteiger partial charge in [0.1, 0.15) is 6.61 Å².